The number of quaternary nitrogens is 1. The first-order valence-electron chi connectivity index (χ1n) is 8.33. The van der Waals surface area contributed by atoms with Crippen LogP contribution in [0.15, 0.2) is 18.2 Å². The molecule has 136 valence electrons. The van der Waals surface area contributed by atoms with Crippen LogP contribution in [0.5, 0.6) is 0 Å². The van der Waals surface area contributed by atoms with Crippen molar-refractivity contribution >= 4 is 35.0 Å². The molecule has 0 saturated heterocycles. The van der Waals surface area contributed by atoms with E-state index in [1.807, 2.05) is 0 Å². The fourth-order valence-electron chi connectivity index (χ4n) is 3.37. The van der Waals surface area contributed by atoms with Gasteiger partial charge in [-0.15, -0.1) is 0 Å². The van der Waals surface area contributed by atoms with Crippen LogP contribution >= 0.6 is 23.2 Å². The highest BCUT2D eigenvalue weighted by atomic mass is 35.5. The zero-order valence-corrected chi connectivity index (χ0v) is 16.3. The Balaban J connectivity index is 0.00000288. The van der Waals surface area contributed by atoms with E-state index in [4.69, 9.17) is 27.9 Å². The highest BCUT2D eigenvalue weighted by Gasteiger charge is 2.35. The summed E-state index contributed by atoms with van der Waals surface area (Å²) in [5.74, 6) is 0. The number of hydrogen-bond acceptors (Lipinski definition) is 2. The number of para-hydroxylation sites is 1. The molecule has 0 bridgehead atoms. The summed E-state index contributed by atoms with van der Waals surface area (Å²) in [6.45, 7) is 6.43. The maximum absolute atomic E-state index is 12.3. The second-order valence-corrected chi connectivity index (χ2v) is 6.74. The third kappa shape index (κ3) is 5.41. The van der Waals surface area contributed by atoms with E-state index in [1.165, 1.54) is 11.3 Å². The molecule has 2 rings (SSSR count). The standard InChI is InChI=1S/C17H24Cl2N2O2.ClH/c1-3-21(4-2)14-10-5-6-11-15(14)23-17(22)20-16-12(18)8-7-9-13(16)19;/h7-9,14-15H,3-6,10-11H2,1-2H3,(H,20,22);1H. The topological polar surface area (TPSA) is 42.8 Å². The molecule has 4 nitrogen and oxygen atoms in total. The lowest BCUT2D eigenvalue weighted by Gasteiger charge is -2.35. The molecule has 1 aromatic carbocycles. The van der Waals surface area contributed by atoms with Crippen molar-refractivity contribution in [3.63, 3.8) is 0 Å². The molecule has 2 N–H and O–H groups in total. The van der Waals surface area contributed by atoms with Crippen molar-refractivity contribution in [3.05, 3.63) is 28.2 Å². The molecule has 1 aliphatic carbocycles. The summed E-state index contributed by atoms with van der Waals surface area (Å²) < 4.78 is 5.71. The molecular weight excluding hydrogens is 371 g/mol. The number of ether oxygens (including phenoxy) is 1. The Bertz CT molecular complexity index is 518. The number of halogens is 3. The number of nitrogens with one attached hydrogen (secondary N) is 2. The number of likely N-dealkylation sites (N-methyl/N-ethyl adjacent to an activating group) is 1. The van der Waals surface area contributed by atoms with E-state index in [0.29, 0.717) is 21.8 Å². The predicted octanol–water partition coefficient (Wildman–Crippen LogP) is 0.782. The van der Waals surface area contributed by atoms with Crippen LogP contribution in [0.3, 0.4) is 0 Å². The van der Waals surface area contributed by atoms with Gasteiger partial charge in [-0.2, -0.15) is 0 Å². The Morgan fingerprint density at radius 3 is 2.38 bits per heavy atom. The molecule has 0 heterocycles. The first kappa shape index (κ1) is 21.4. The van der Waals surface area contributed by atoms with Gasteiger partial charge in [0, 0.05) is 6.42 Å². The van der Waals surface area contributed by atoms with Gasteiger partial charge in [0.25, 0.3) is 0 Å². The number of carbonyl (C=O) groups is 1. The summed E-state index contributed by atoms with van der Waals surface area (Å²) in [5.41, 5.74) is 0.406. The monoisotopic (exact) mass is 394 g/mol. The minimum Gasteiger partial charge on any atom is -1.00 e. The molecule has 1 aromatic rings. The Kier molecular flexibility index (Phi) is 9.21. The van der Waals surface area contributed by atoms with Gasteiger partial charge < -0.3 is 22.0 Å². The minimum atomic E-state index is -0.483. The van der Waals surface area contributed by atoms with Crippen LogP contribution in [0.25, 0.3) is 0 Å². The highest BCUT2D eigenvalue weighted by Crippen LogP contribution is 2.30. The van der Waals surface area contributed by atoms with Crippen molar-refractivity contribution in [1.29, 1.82) is 0 Å². The molecule has 1 saturated carbocycles. The lowest BCUT2D eigenvalue weighted by molar-refractivity contribution is -0.926. The number of rotatable bonds is 5. The zero-order chi connectivity index (χ0) is 16.8. The third-order valence-corrected chi connectivity index (χ3v) is 5.21. The van der Waals surface area contributed by atoms with E-state index in [1.54, 1.807) is 18.2 Å². The Morgan fingerprint density at radius 1 is 1.21 bits per heavy atom. The molecule has 0 aliphatic heterocycles. The normalized spacial score (nSPS) is 20.4. The summed E-state index contributed by atoms with van der Waals surface area (Å²) in [7, 11) is 0. The van der Waals surface area contributed by atoms with Crippen LogP contribution < -0.4 is 22.6 Å². The van der Waals surface area contributed by atoms with Crippen molar-refractivity contribution in [3.8, 4) is 0 Å². The van der Waals surface area contributed by atoms with Crippen molar-refractivity contribution in [2.75, 3.05) is 18.4 Å². The summed E-state index contributed by atoms with van der Waals surface area (Å²) in [4.78, 5) is 13.8. The number of hydrogen-bond donors (Lipinski definition) is 2. The second-order valence-electron chi connectivity index (χ2n) is 5.92. The van der Waals surface area contributed by atoms with E-state index in [-0.39, 0.29) is 18.5 Å². The fourth-order valence-corrected chi connectivity index (χ4v) is 3.86. The summed E-state index contributed by atoms with van der Waals surface area (Å²) in [6, 6.07) is 5.48. The van der Waals surface area contributed by atoms with Crippen LogP contribution in [0.1, 0.15) is 39.5 Å². The van der Waals surface area contributed by atoms with E-state index in [0.717, 1.165) is 32.4 Å². The first-order valence-corrected chi connectivity index (χ1v) is 9.08. The van der Waals surface area contributed by atoms with Gasteiger partial charge in [0.2, 0.25) is 0 Å². The summed E-state index contributed by atoms with van der Waals surface area (Å²) >= 11 is 12.2. The quantitative estimate of drug-likeness (QED) is 0.774. The molecule has 1 aliphatic rings. The van der Waals surface area contributed by atoms with Crippen LogP contribution in [0.2, 0.25) is 10.0 Å². The van der Waals surface area contributed by atoms with Crippen LogP contribution in [-0.2, 0) is 4.74 Å². The maximum atomic E-state index is 12.3. The highest BCUT2D eigenvalue weighted by molar-refractivity contribution is 6.39. The smallest absolute Gasteiger partial charge is 0.412 e. The van der Waals surface area contributed by atoms with Gasteiger partial charge in [-0.05, 0) is 45.2 Å². The lowest BCUT2D eigenvalue weighted by atomic mass is 9.91. The Hall–Kier alpha value is -0.680. The van der Waals surface area contributed by atoms with Crippen molar-refractivity contribution in [2.24, 2.45) is 0 Å². The predicted molar refractivity (Wildman–Crippen MR) is 94.7 cm³/mol. The summed E-state index contributed by atoms with van der Waals surface area (Å²) in [6.07, 6.45) is 3.77. The van der Waals surface area contributed by atoms with Gasteiger partial charge >= 0.3 is 6.09 Å². The van der Waals surface area contributed by atoms with Gasteiger partial charge in [0.05, 0.1) is 28.8 Å². The molecule has 7 heteroatoms. The third-order valence-electron chi connectivity index (χ3n) is 4.58. The van der Waals surface area contributed by atoms with Crippen LogP contribution in [0.4, 0.5) is 10.5 Å². The molecule has 0 spiro atoms. The lowest BCUT2D eigenvalue weighted by Crippen LogP contribution is -3.16. The molecular formula is C17H25Cl3N2O2. The van der Waals surface area contributed by atoms with Gasteiger partial charge in [-0.1, -0.05) is 29.3 Å². The maximum Gasteiger partial charge on any atom is 0.412 e. The van der Waals surface area contributed by atoms with Crippen LogP contribution in [0, 0.1) is 0 Å². The molecule has 24 heavy (non-hydrogen) atoms. The van der Waals surface area contributed by atoms with E-state index in [9.17, 15) is 4.79 Å². The van der Waals surface area contributed by atoms with Crippen LogP contribution in [-0.4, -0.2) is 31.3 Å². The van der Waals surface area contributed by atoms with Crippen molar-refractivity contribution in [1.82, 2.24) is 0 Å². The van der Waals surface area contributed by atoms with Gasteiger partial charge in [0.15, 0.2) is 6.10 Å². The largest absolute Gasteiger partial charge is 1.00 e. The zero-order valence-electron chi connectivity index (χ0n) is 14.1. The minimum absolute atomic E-state index is 0. The van der Waals surface area contributed by atoms with Crippen molar-refractivity contribution in [2.45, 2.75) is 51.7 Å². The van der Waals surface area contributed by atoms with E-state index < -0.39 is 6.09 Å². The van der Waals surface area contributed by atoms with Gasteiger partial charge in [-0.25, -0.2) is 4.79 Å². The number of anilines is 1. The molecule has 1 fully saturated rings. The molecule has 0 radical (unpaired) electrons. The number of benzene rings is 1. The average Bonchev–Trinajstić information content (AvgIpc) is 2.54. The van der Waals surface area contributed by atoms with Gasteiger partial charge in [-0.3, -0.25) is 5.32 Å². The SMILES string of the molecule is CC[NH+](CC)C1CCCCC1OC(=O)Nc1c(Cl)cccc1Cl.[Cl-]. The van der Waals surface area contributed by atoms with E-state index in [2.05, 4.69) is 19.2 Å². The molecule has 2 atom stereocenters. The van der Waals surface area contributed by atoms with E-state index >= 15 is 0 Å². The molecule has 2 unspecified atom stereocenters. The Labute approximate surface area is 160 Å². The van der Waals surface area contributed by atoms with Gasteiger partial charge in [0.1, 0.15) is 6.04 Å². The second kappa shape index (κ2) is 10.3. The number of carbonyl (C=O) groups excluding carboxylic acids is 1. The van der Waals surface area contributed by atoms with Crippen molar-refractivity contribution < 1.29 is 26.8 Å². The average molecular weight is 396 g/mol. The Morgan fingerprint density at radius 2 is 1.79 bits per heavy atom. The summed E-state index contributed by atoms with van der Waals surface area (Å²) in [5, 5.41) is 3.50. The number of amides is 1. The molecule has 1 amide bonds. The fraction of sp³-hybridized carbons (Fsp3) is 0.588. The first-order chi connectivity index (χ1) is 11.1. The molecule has 0 aromatic heterocycles.